The Morgan fingerprint density at radius 2 is 2.20 bits per heavy atom. The minimum atomic E-state index is 0.0622. The molecule has 1 aliphatic heterocycles. The van der Waals surface area contributed by atoms with Gasteiger partial charge in [0.15, 0.2) is 0 Å². The third kappa shape index (κ3) is 3.27. The van der Waals surface area contributed by atoms with E-state index in [1.165, 1.54) is 11.1 Å². The molecular formula is C20H20N4O. The largest absolute Gasteiger partial charge is 0.371 e. The number of hydrogen-bond acceptors (Lipinski definition) is 4. The number of morpholine rings is 1. The van der Waals surface area contributed by atoms with Gasteiger partial charge in [0.2, 0.25) is 0 Å². The number of fused-ring (bicyclic) bond motifs is 1. The molecule has 1 fully saturated rings. The summed E-state index contributed by atoms with van der Waals surface area (Å²) in [6.45, 7) is 3.30. The zero-order chi connectivity index (χ0) is 17.2. The van der Waals surface area contributed by atoms with E-state index in [1.807, 2.05) is 36.1 Å². The van der Waals surface area contributed by atoms with Crippen molar-refractivity contribution in [3.8, 4) is 6.07 Å². The average molecular weight is 332 g/mol. The number of benzene rings is 2. The maximum Gasteiger partial charge on any atom is 0.0991 e. The van der Waals surface area contributed by atoms with Gasteiger partial charge in [-0.05, 0) is 35.4 Å². The van der Waals surface area contributed by atoms with Gasteiger partial charge in [0.25, 0.3) is 0 Å². The van der Waals surface area contributed by atoms with Crippen molar-refractivity contribution >= 4 is 11.0 Å². The van der Waals surface area contributed by atoms with Gasteiger partial charge >= 0.3 is 0 Å². The molecule has 1 unspecified atom stereocenters. The van der Waals surface area contributed by atoms with Gasteiger partial charge in [0.05, 0.1) is 41.7 Å². The van der Waals surface area contributed by atoms with Gasteiger partial charge in [-0.25, -0.2) is 4.98 Å². The predicted molar refractivity (Wildman–Crippen MR) is 95.8 cm³/mol. The number of rotatable bonds is 3. The molecule has 0 bridgehead atoms. The third-order valence-corrected chi connectivity index (χ3v) is 4.73. The highest BCUT2D eigenvalue weighted by Crippen LogP contribution is 2.26. The van der Waals surface area contributed by atoms with Gasteiger partial charge in [0, 0.05) is 26.7 Å². The number of aromatic nitrogens is 2. The Kier molecular flexibility index (Phi) is 4.22. The van der Waals surface area contributed by atoms with E-state index in [0.29, 0.717) is 12.2 Å². The van der Waals surface area contributed by atoms with E-state index in [2.05, 4.69) is 40.2 Å². The van der Waals surface area contributed by atoms with E-state index in [1.54, 1.807) is 0 Å². The van der Waals surface area contributed by atoms with Gasteiger partial charge in [0.1, 0.15) is 0 Å². The summed E-state index contributed by atoms with van der Waals surface area (Å²) in [4.78, 5) is 6.76. The van der Waals surface area contributed by atoms with Gasteiger partial charge in [-0.2, -0.15) is 5.26 Å². The predicted octanol–water partition coefficient (Wildman–Crippen LogP) is 3.02. The fourth-order valence-electron chi connectivity index (χ4n) is 3.39. The van der Waals surface area contributed by atoms with Crippen molar-refractivity contribution in [3.63, 3.8) is 0 Å². The van der Waals surface area contributed by atoms with Gasteiger partial charge in [-0.15, -0.1) is 0 Å². The number of imidazole rings is 1. The van der Waals surface area contributed by atoms with Gasteiger partial charge in [-0.3, -0.25) is 4.90 Å². The summed E-state index contributed by atoms with van der Waals surface area (Å²) in [5.74, 6) is 0. The Bertz CT molecular complexity index is 940. The highest BCUT2D eigenvalue weighted by atomic mass is 16.5. The summed E-state index contributed by atoms with van der Waals surface area (Å²) in [6, 6.07) is 16.4. The lowest BCUT2D eigenvalue weighted by Gasteiger charge is -2.33. The molecule has 0 spiro atoms. The molecule has 0 aliphatic carbocycles. The van der Waals surface area contributed by atoms with E-state index in [4.69, 9.17) is 10.00 Å². The van der Waals surface area contributed by atoms with Crippen molar-refractivity contribution in [2.45, 2.75) is 12.6 Å². The van der Waals surface area contributed by atoms with Crippen molar-refractivity contribution in [2.24, 2.45) is 7.05 Å². The summed E-state index contributed by atoms with van der Waals surface area (Å²) >= 11 is 0. The van der Waals surface area contributed by atoms with Gasteiger partial charge in [-0.1, -0.05) is 18.2 Å². The molecule has 1 saturated heterocycles. The van der Waals surface area contributed by atoms with Crippen molar-refractivity contribution in [1.29, 1.82) is 5.26 Å². The third-order valence-electron chi connectivity index (χ3n) is 4.73. The molecule has 3 aromatic rings. The second-order valence-electron chi connectivity index (χ2n) is 6.51. The van der Waals surface area contributed by atoms with Crippen LogP contribution in [0.2, 0.25) is 0 Å². The molecule has 0 radical (unpaired) electrons. The van der Waals surface area contributed by atoms with Crippen molar-refractivity contribution in [3.05, 3.63) is 65.5 Å². The number of aryl methyl sites for hydroxylation is 1. The summed E-state index contributed by atoms with van der Waals surface area (Å²) in [5, 5.41) is 9.06. The lowest BCUT2D eigenvalue weighted by atomic mass is 10.1. The minimum absolute atomic E-state index is 0.0622. The topological polar surface area (TPSA) is 54.1 Å². The van der Waals surface area contributed by atoms with Crippen LogP contribution in [0.3, 0.4) is 0 Å². The molecule has 5 nitrogen and oxygen atoms in total. The first-order valence-electron chi connectivity index (χ1n) is 8.47. The molecule has 0 saturated carbocycles. The quantitative estimate of drug-likeness (QED) is 0.740. The Morgan fingerprint density at radius 3 is 3.08 bits per heavy atom. The standard InChI is InChI=1S/C20H20N4O/c1-23-14-22-18-6-5-17(10-19(18)23)20-13-24(7-8-25-20)12-16-4-2-3-15(9-16)11-21/h2-6,9-10,14,20H,7-8,12-13H2,1H3. The van der Waals surface area contributed by atoms with Crippen LogP contribution >= 0.6 is 0 Å². The van der Waals surface area contributed by atoms with Crippen molar-refractivity contribution in [2.75, 3.05) is 19.7 Å². The van der Waals surface area contributed by atoms with Crippen LogP contribution in [0.5, 0.6) is 0 Å². The van der Waals surface area contributed by atoms with Crippen molar-refractivity contribution < 1.29 is 4.74 Å². The highest BCUT2D eigenvalue weighted by Gasteiger charge is 2.22. The second kappa shape index (κ2) is 6.67. The number of nitrogens with zero attached hydrogens (tertiary/aromatic N) is 4. The molecule has 5 heteroatoms. The maximum atomic E-state index is 9.06. The number of hydrogen-bond donors (Lipinski definition) is 0. The lowest BCUT2D eigenvalue weighted by molar-refractivity contribution is -0.0328. The van der Waals surface area contributed by atoms with E-state index in [0.717, 1.165) is 30.7 Å². The SMILES string of the molecule is Cn1cnc2ccc(C3CN(Cc4cccc(C#N)c4)CCO3)cc21. The smallest absolute Gasteiger partial charge is 0.0991 e. The zero-order valence-corrected chi connectivity index (χ0v) is 14.2. The monoisotopic (exact) mass is 332 g/mol. The van der Waals surface area contributed by atoms with Gasteiger partial charge < -0.3 is 9.30 Å². The van der Waals surface area contributed by atoms with Crippen LogP contribution in [0.25, 0.3) is 11.0 Å². The molecule has 0 N–H and O–H groups in total. The summed E-state index contributed by atoms with van der Waals surface area (Å²) < 4.78 is 8.05. The lowest BCUT2D eigenvalue weighted by Crippen LogP contribution is -2.37. The average Bonchev–Trinajstić information content (AvgIpc) is 3.02. The first-order chi connectivity index (χ1) is 12.2. The summed E-state index contributed by atoms with van der Waals surface area (Å²) in [7, 11) is 2.01. The van der Waals surface area contributed by atoms with E-state index < -0.39 is 0 Å². The first kappa shape index (κ1) is 15.8. The van der Waals surface area contributed by atoms with Crippen LogP contribution in [0.4, 0.5) is 0 Å². The molecule has 2 aromatic carbocycles. The van der Waals surface area contributed by atoms with Crippen LogP contribution in [-0.4, -0.2) is 34.1 Å². The van der Waals surface area contributed by atoms with E-state index in [-0.39, 0.29) is 6.10 Å². The molecule has 126 valence electrons. The van der Waals surface area contributed by atoms with Crippen LogP contribution in [0.1, 0.15) is 22.8 Å². The fourth-order valence-corrected chi connectivity index (χ4v) is 3.39. The summed E-state index contributed by atoms with van der Waals surface area (Å²) in [6.07, 6.45) is 1.90. The fraction of sp³-hybridized carbons (Fsp3) is 0.300. The second-order valence-corrected chi connectivity index (χ2v) is 6.51. The number of ether oxygens (including phenoxy) is 1. The molecule has 1 aromatic heterocycles. The van der Waals surface area contributed by atoms with E-state index in [9.17, 15) is 0 Å². The Balaban J connectivity index is 1.51. The van der Waals surface area contributed by atoms with Crippen LogP contribution in [0, 0.1) is 11.3 Å². The molecule has 1 aliphatic rings. The molecule has 4 rings (SSSR count). The van der Waals surface area contributed by atoms with E-state index >= 15 is 0 Å². The first-order valence-corrected chi connectivity index (χ1v) is 8.47. The van der Waals surface area contributed by atoms with Crippen molar-refractivity contribution in [1.82, 2.24) is 14.5 Å². The molecule has 25 heavy (non-hydrogen) atoms. The van der Waals surface area contributed by atoms with Crippen LogP contribution < -0.4 is 0 Å². The molecule has 2 heterocycles. The molecule has 0 amide bonds. The van der Waals surface area contributed by atoms with Crippen LogP contribution in [-0.2, 0) is 18.3 Å². The summed E-state index contributed by atoms with van der Waals surface area (Å²) in [5.41, 5.74) is 5.20. The number of nitriles is 1. The molecule has 1 atom stereocenters. The Hall–Kier alpha value is -2.68. The minimum Gasteiger partial charge on any atom is -0.371 e. The Morgan fingerprint density at radius 1 is 1.28 bits per heavy atom. The van der Waals surface area contributed by atoms with Crippen LogP contribution in [0.15, 0.2) is 48.8 Å². The normalized spacial score (nSPS) is 18.3. The Labute approximate surface area is 147 Å². The molecular weight excluding hydrogens is 312 g/mol. The highest BCUT2D eigenvalue weighted by molar-refractivity contribution is 5.76. The zero-order valence-electron chi connectivity index (χ0n) is 14.2. The maximum absolute atomic E-state index is 9.06.